The van der Waals surface area contributed by atoms with Crippen LogP contribution in [-0.4, -0.2) is 24.8 Å². The standard InChI is InChI=1S/C13H25NO/c1-6-9-10-12(14-11-7-2)13(4,5)15-8-3/h12,14H,7-8,10-11H2,1-5H3. The number of rotatable bonds is 7. The molecule has 0 aromatic rings. The predicted octanol–water partition coefficient (Wildman–Crippen LogP) is 2.58. The first-order valence-corrected chi connectivity index (χ1v) is 5.85. The Morgan fingerprint density at radius 1 is 1.33 bits per heavy atom. The molecule has 1 unspecified atom stereocenters. The number of nitrogens with one attached hydrogen (secondary N) is 1. The molecule has 0 radical (unpaired) electrons. The van der Waals surface area contributed by atoms with Crippen molar-refractivity contribution in [3.8, 4) is 11.8 Å². The van der Waals surface area contributed by atoms with E-state index in [9.17, 15) is 0 Å². The summed E-state index contributed by atoms with van der Waals surface area (Å²) in [5.41, 5.74) is -0.145. The molecule has 0 aromatic heterocycles. The molecule has 0 heterocycles. The zero-order chi connectivity index (χ0) is 11.7. The molecule has 0 fully saturated rings. The fourth-order valence-corrected chi connectivity index (χ4v) is 1.56. The molecule has 0 rings (SSSR count). The third-order valence-corrected chi connectivity index (χ3v) is 2.48. The maximum absolute atomic E-state index is 5.76. The first kappa shape index (κ1) is 14.5. The molecule has 0 aliphatic carbocycles. The number of hydrogen-bond acceptors (Lipinski definition) is 2. The van der Waals surface area contributed by atoms with Crippen LogP contribution >= 0.6 is 0 Å². The molecule has 15 heavy (non-hydrogen) atoms. The van der Waals surface area contributed by atoms with Crippen LogP contribution in [0.5, 0.6) is 0 Å². The molecule has 0 amide bonds. The highest BCUT2D eigenvalue weighted by atomic mass is 16.5. The fourth-order valence-electron chi connectivity index (χ4n) is 1.56. The summed E-state index contributed by atoms with van der Waals surface area (Å²) >= 11 is 0. The van der Waals surface area contributed by atoms with Gasteiger partial charge in [-0.3, -0.25) is 0 Å². The molecular formula is C13H25NO. The normalized spacial score (nSPS) is 13.1. The van der Waals surface area contributed by atoms with E-state index < -0.39 is 0 Å². The molecular weight excluding hydrogens is 186 g/mol. The van der Waals surface area contributed by atoms with Crippen molar-refractivity contribution in [2.75, 3.05) is 13.2 Å². The summed E-state index contributed by atoms with van der Waals surface area (Å²) in [6.45, 7) is 12.1. The van der Waals surface area contributed by atoms with E-state index in [0.29, 0.717) is 6.04 Å². The van der Waals surface area contributed by atoms with E-state index in [-0.39, 0.29) is 5.60 Å². The van der Waals surface area contributed by atoms with Gasteiger partial charge >= 0.3 is 0 Å². The lowest BCUT2D eigenvalue weighted by atomic mass is 9.95. The van der Waals surface area contributed by atoms with E-state index >= 15 is 0 Å². The summed E-state index contributed by atoms with van der Waals surface area (Å²) < 4.78 is 5.76. The minimum Gasteiger partial charge on any atom is -0.374 e. The summed E-state index contributed by atoms with van der Waals surface area (Å²) in [7, 11) is 0. The predicted molar refractivity (Wildman–Crippen MR) is 65.9 cm³/mol. The van der Waals surface area contributed by atoms with Gasteiger partial charge in [-0.05, 0) is 40.7 Å². The molecule has 0 aromatic carbocycles. The number of hydrogen-bond donors (Lipinski definition) is 1. The lowest BCUT2D eigenvalue weighted by Crippen LogP contribution is -2.48. The zero-order valence-electron chi connectivity index (χ0n) is 10.8. The van der Waals surface area contributed by atoms with E-state index in [1.807, 2.05) is 13.8 Å². The molecule has 0 bridgehead atoms. The Morgan fingerprint density at radius 2 is 2.00 bits per heavy atom. The molecule has 2 heteroatoms. The summed E-state index contributed by atoms with van der Waals surface area (Å²) in [6, 6.07) is 0.310. The van der Waals surface area contributed by atoms with Gasteiger partial charge in [0.25, 0.3) is 0 Å². The van der Waals surface area contributed by atoms with Crippen LogP contribution in [0.3, 0.4) is 0 Å². The lowest BCUT2D eigenvalue weighted by Gasteiger charge is -2.34. The largest absolute Gasteiger partial charge is 0.374 e. The van der Waals surface area contributed by atoms with Gasteiger partial charge < -0.3 is 10.1 Å². The highest BCUT2D eigenvalue weighted by molar-refractivity contribution is 5.02. The second-order valence-electron chi connectivity index (χ2n) is 4.17. The molecule has 0 aliphatic rings. The molecule has 1 atom stereocenters. The van der Waals surface area contributed by atoms with Crippen molar-refractivity contribution in [1.29, 1.82) is 0 Å². The van der Waals surface area contributed by atoms with Crippen LogP contribution in [0.1, 0.15) is 47.5 Å². The van der Waals surface area contributed by atoms with Crippen molar-refractivity contribution in [2.24, 2.45) is 0 Å². The van der Waals surface area contributed by atoms with Gasteiger partial charge in [-0.2, -0.15) is 0 Å². The van der Waals surface area contributed by atoms with E-state index in [1.165, 1.54) is 0 Å². The minimum absolute atomic E-state index is 0.145. The van der Waals surface area contributed by atoms with Gasteiger partial charge in [-0.1, -0.05) is 6.92 Å². The van der Waals surface area contributed by atoms with E-state index in [0.717, 1.165) is 26.0 Å². The van der Waals surface area contributed by atoms with Gasteiger partial charge in [0.2, 0.25) is 0 Å². The Kier molecular flexibility index (Phi) is 7.46. The van der Waals surface area contributed by atoms with Crippen LogP contribution in [0.15, 0.2) is 0 Å². The SMILES string of the molecule is CC#CCC(NCCC)C(C)(C)OCC. The van der Waals surface area contributed by atoms with Crippen molar-refractivity contribution in [3.05, 3.63) is 0 Å². The fraction of sp³-hybridized carbons (Fsp3) is 0.846. The number of ether oxygens (including phenoxy) is 1. The molecule has 0 saturated heterocycles. The van der Waals surface area contributed by atoms with Crippen LogP contribution in [0.25, 0.3) is 0 Å². The van der Waals surface area contributed by atoms with Crippen molar-refractivity contribution in [3.63, 3.8) is 0 Å². The first-order valence-electron chi connectivity index (χ1n) is 5.85. The molecule has 1 N–H and O–H groups in total. The smallest absolute Gasteiger partial charge is 0.0787 e. The Balaban J connectivity index is 4.34. The van der Waals surface area contributed by atoms with Crippen molar-refractivity contribution in [2.45, 2.75) is 59.1 Å². The first-order chi connectivity index (χ1) is 7.08. The molecule has 0 saturated carbocycles. The Labute approximate surface area is 94.8 Å². The summed E-state index contributed by atoms with van der Waals surface area (Å²) in [5, 5.41) is 3.50. The van der Waals surface area contributed by atoms with Crippen molar-refractivity contribution in [1.82, 2.24) is 5.32 Å². The quantitative estimate of drug-likeness (QED) is 0.654. The average molecular weight is 211 g/mol. The van der Waals surface area contributed by atoms with Crippen LogP contribution in [0, 0.1) is 11.8 Å². The van der Waals surface area contributed by atoms with Gasteiger partial charge in [0.1, 0.15) is 0 Å². The third-order valence-electron chi connectivity index (χ3n) is 2.48. The molecule has 0 aliphatic heterocycles. The van der Waals surface area contributed by atoms with Crippen molar-refractivity contribution < 1.29 is 4.74 Å². The monoisotopic (exact) mass is 211 g/mol. The summed E-state index contributed by atoms with van der Waals surface area (Å²) in [6.07, 6.45) is 1.99. The Bertz CT molecular complexity index is 212. The van der Waals surface area contributed by atoms with Gasteiger partial charge in [-0.15, -0.1) is 11.8 Å². The minimum atomic E-state index is -0.145. The topological polar surface area (TPSA) is 21.3 Å². The van der Waals surface area contributed by atoms with Gasteiger partial charge in [-0.25, -0.2) is 0 Å². The van der Waals surface area contributed by atoms with Gasteiger partial charge in [0, 0.05) is 19.1 Å². The maximum Gasteiger partial charge on any atom is 0.0787 e. The second-order valence-corrected chi connectivity index (χ2v) is 4.17. The van der Waals surface area contributed by atoms with Gasteiger partial charge in [0.05, 0.1) is 5.60 Å². The Hall–Kier alpha value is -0.520. The van der Waals surface area contributed by atoms with Gasteiger partial charge in [0.15, 0.2) is 0 Å². The third kappa shape index (κ3) is 5.81. The summed E-state index contributed by atoms with van der Waals surface area (Å²) in [5.74, 6) is 6.07. The van der Waals surface area contributed by atoms with Crippen LogP contribution in [-0.2, 0) is 4.74 Å². The zero-order valence-corrected chi connectivity index (χ0v) is 10.8. The molecule has 88 valence electrons. The molecule has 0 spiro atoms. The van der Waals surface area contributed by atoms with E-state index in [2.05, 4.69) is 37.9 Å². The average Bonchev–Trinajstić information content (AvgIpc) is 2.17. The lowest BCUT2D eigenvalue weighted by molar-refractivity contribution is -0.0368. The van der Waals surface area contributed by atoms with Crippen molar-refractivity contribution >= 4 is 0 Å². The van der Waals surface area contributed by atoms with Crippen LogP contribution in [0.2, 0.25) is 0 Å². The maximum atomic E-state index is 5.76. The highest BCUT2D eigenvalue weighted by Gasteiger charge is 2.28. The second kappa shape index (κ2) is 7.73. The van der Waals surface area contributed by atoms with E-state index in [4.69, 9.17) is 4.74 Å². The van der Waals surface area contributed by atoms with Crippen LogP contribution in [0.4, 0.5) is 0 Å². The summed E-state index contributed by atoms with van der Waals surface area (Å²) in [4.78, 5) is 0. The van der Waals surface area contributed by atoms with E-state index in [1.54, 1.807) is 0 Å². The van der Waals surface area contributed by atoms with Crippen LogP contribution < -0.4 is 5.32 Å². The highest BCUT2D eigenvalue weighted by Crippen LogP contribution is 2.17. The molecule has 2 nitrogen and oxygen atoms in total. The Morgan fingerprint density at radius 3 is 2.47 bits per heavy atom.